The lowest BCUT2D eigenvalue weighted by molar-refractivity contribution is -0.144. The van der Waals surface area contributed by atoms with E-state index in [1.54, 1.807) is 12.1 Å². The van der Waals surface area contributed by atoms with E-state index in [2.05, 4.69) is 12.3 Å². The number of nitrogens with one attached hydrogen (secondary N) is 1. The van der Waals surface area contributed by atoms with Crippen molar-refractivity contribution in [2.75, 3.05) is 30.4 Å². The fourth-order valence-corrected chi connectivity index (χ4v) is 5.33. The zero-order valence-corrected chi connectivity index (χ0v) is 20.8. The number of anilines is 1. The van der Waals surface area contributed by atoms with Gasteiger partial charge in [-0.2, -0.15) is 0 Å². The average molecular weight is 485 g/mol. The van der Waals surface area contributed by atoms with Gasteiger partial charge in [0.05, 0.1) is 24.7 Å². The van der Waals surface area contributed by atoms with Crippen LogP contribution in [-0.4, -0.2) is 50.6 Å². The molecule has 1 atom stereocenters. The van der Waals surface area contributed by atoms with Crippen LogP contribution in [0.1, 0.15) is 82.8 Å². The molecule has 2 rings (SSSR count). The van der Waals surface area contributed by atoms with Gasteiger partial charge in [0, 0.05) is 18.4 Å². The molecule has 1 fully saturated rings. The van der Waals surface area contributed by atoms with Crippen LogP contribution in [0, 0.1) is 5.41 Å². The number of hydrogen-bond acceptors (Lipinski definition) is 7. The van der Waals surface area contributed by atoms with Crippen molar-refractivity contribution in [3.63, 3.8) is 0 Å². The highest BCUT2D eigenvalue weighted by atomic mass is 32.2. The maximum atomic E-state index is 12.3. The van der Waals surface area contributed by atoms with Crippen LogP contribution in [0.4, 0.5) is 5.69 Å². The van der Waals surface area contributed by atoms with E-state index < -0.39 is 16.1 Å². The Labute approximate surface area is 198 Å². The molecular weight excluding hydrogens is 444 g/mol. The first-order valence-corrected chi connectivity index (χ1v) is 13.9. The van der Waals surface area contributed by atoms with E-state index in [0.717, 1.165) is 63.2 Å². The smallest absolute Gasteiger partial charge is 0.305 e. The van der Waals surface area contributed by atoms with Gasteiger partial charge in [-0.25, -0.2) is 18.3 Å². The first kappa shape index (κ1) is 27.6. The highest BCUT2D eigenvalue weighted by molar-refractivity contribution is 7.92. The Kier molecular flexibility index (Phi) is 11.1. The molecule has 1 aliphatic carbocycles. The van der Waals surface area contributed by atoms with E-state index >= 15 is 0 Å². The molecule has 9 heteroatoms. The van der Waals surface area contributed by atoms with Crippen LogP contribution in [0.2, 0.25) is 0 Å². The normalized spacial score (nSPS) is 16.1. The minimum absolute atomic E-state index is 0.0314. The Hall–Kier alpha value is -1.68. The van der Waals surface area contributed by atoms with Crippen molar-refractivity contribution in [2.45, 2.75) is 77.2 Å². The third-order valence-electron chi connectivity index (χ3n) is 6.37. The lowest BCUT2D eigenvalue weighted by atomic mass is 9.61. The van der Waals surface area contributed by atoms with Crippen LogP contribution in [0.25, 0.3) is 0 Å². The second-order valence-corrected chi connectivity index (χ2v) is 10.8. The Balaban J connectivity index is 1.84. The Morgan fingerprint density at radius 2 is 1.85 bits per heavy atom. The number of aliphatic hydroxyl groups excluding tert-OH is 2. The Morgan fingerprint density at radius 1 is 1.18 bits per heavy atom. The minimum Gasteiger partial charge on any atom is -0.463 e. The quantitative estimate of drug-likeness (QED) is 0.187. The number of carbonyl (C=O) groups excluding carboxylic acids is 1. The molecule has 8 nitrogen and oxygen atoms in total. The SMILES string of the molecule is CCCC1(C(O)c2ccc(N(NCCCCCCC(=O)OCCO)S(C)(=O)=O)cc2)CCC1. The van der Waals surface area contributed by atoms with Crippen LogP contribution >= 0.6 is 0 Å². The molecule has 1 saturated carbocycles. The number of hydrazine groups is 1. The molecule has 1 aliphatic rings. The zero-order valence-electron chi connectivity index (χ0n) is 20.0. The molecule has 0 saturated heterocycles. The van der Waals surface area contributed by atoms with Gasteiger partial charge >= 0.3 is 5.97 Å². The van der Waals surface area contributed by atoms with Crippen molar-refractivity contribution in [3.05, 3.63) is 29.8 Å². The average Bonchev–Trinajstić information content (AvgIpc) is 2.75. The van der Waals surface area contributed by atoms with E-state index in [0.29, 0.717) is 25.1 Å². The Bertz CT molecular complexity index is 824. The highest BCUT2D eigenvalue weighted by Crippen LogP contribution is 2.53. The van der Waals surface area contributed by atoms with E-state index in [-0.39, 0.29) is 24.6 Å². The zero-order chi connectivity index (χ0) is 24.3. The van der Waals surface area contributed by atoms with Crippen molar-refractivity contribution < 1.29 is 28.2 Å². The van der Waals surface area contributed by atoms with Gasteiger partial charge in [-0.05, 0) is 49.8 Å². The molecule has 3 N–H and O–H groups in total. The van der Waals surface area contributed by atoms with Crippen molar-refractivity contribution in [2.24, 2.45) is 5.41 Å². The lowest BCUT2D eigenvalue weighted by Gasteiger charge is -2.46. The summed E-state index contributed by atoms with van der Waals surface area (Å²) in [5, 5.41) is 19.6. The number of sulfonamides is 1. The summed E-state index contributed by atoms with van der Waals surface area (Å²) in [5.41, 5.74) is 4.29. The third kappa shape index (κ3) is 8.24. The maximum Gasteiger partial charge on any atom is 0.305 e. The van der Waals surface area contributed by atoms with Crippen molar-refractivity contribution >= 4 is 21.7 Å². The molecule has 33 heavy (non-hydrogen) atoms. The highest BCUT2D eigenvalue weighted by Gasteiger charge is 2.43. The number of benzene rings is 1. The second-order valence-electron chi connectivity index (χ2n) is 9.00. The van der Waals surface area contributed by atoms with Crippen molar-refractivity contribution in [3.8, 4) is 0 Å². The molecule has 1 aromatic rings. The summed E-state index contributed by atoms with van der Waals surface area (Å²) in [5.74, 6) is -0.308. The summed E-state index contributed by atoms with van der Waals surface area (Å²) >= 11 is 0. The van der Waals surface area contributed by atoms with E-state index in [1.165, 1.54) is 4.41 Å². The van der Waals surface area contributed by atoms with E-state index in [4.69, 9.17) is 9.84 Å². The standard InChI is InChI=1S/C24H40N2O6S/c1-3-14-24(15-8-16-24)23(29)20-10-12-21(13-11-20)26(33(2,30)31)25-17-7-5-4-6-9-22(28)32-19-18-27/h10-13,23,25,27,29H,3-9,14-19H2,1-2H3. The summed E-state index contributed by atoms with van der Waals surface area (Å²) in [6, 6.07) is 7.13. The minimum atomic E-state index is -3.52. The fourth-order valence-electron chi connectivity index (χ4n) is 4.49. The van der Waals surface area contributed by atoms with Crippen LogP contribution < -0.4 is 9.84 Å². The number of carbonyl (C=O) groups is 1. The molecule has 0 radical (unpaired) electrons. The predicted octanol–water partition coefficient (Wildman–Crippen LogP) is 3.45. The van der Waals surface area contributed by atoms with Gasteiger partial charge in [0.2, 0.25) is 10.0 Å². The number of ether oxygens (including phenoxy) is 1. The number of rotatable bonds is 16. The molecular formula is C24H40N2O6S. The number of nitrogens with zero attached hydrogens (tertiary/aromatic N) is 1. The van der Waals surface area contributed by atoms with Crippen LogP contribution in [0.5, 0.6) is 0 Å². The lowest BCUT2D eigenvalue weighted by Crippen LogP contribution is -2.43. The van der Waals surface area contributed by atoms with Crippen molar-refractivity contribution in [1.29, 1.82) is 0 Å². The second kappa shape index (κ2) is 13.3. The monoisotopic (exact) mass is 484 g/mol. The van der Waals surface area contributed by atoms with Gasteiger partial charge in [-0.1, -0.05) is 44.7 Å². The first-order chi connectivity index (χ1) is 15.7. The topological polar surface area (TPSA) is 116 Å². The molecule has 0 aliphatic heterocycles. The van der Waals surface area contributed by atoms with Gasteiger partial charge in [-0.15, -0.1) is 0 Å². The largest absolute Gasteiger partial charge is 0.463 e. The van der Waals surface area contributed by atoms with Crippen LogP contribution in [0.15, 0.2) is 24.3 Å². The number of esters is 1. The maximum absolute atomic E-state index is 12.3. The van der Waals surface area contributed by atoms with Gasteiger partial charge < -0.3 is 14.9 Å². The Morgan fingerprint density at radius 3 is 2.39 bits per heavy atom. The van der Waals surface area contributed by atoms with E-state index in [9.17, 15) is 18.3 Å². The van der Waals surface area contributed by atoms with Crippen molar-refractivity contribution in [1.82, 2.24) is 5.43 Å². The van der Waals surface area contributed by atoms with Crippen LogP contribution in [-0.2, 0) is 19.6 Å². The summed E-state index contributed by atoms with van der Waals surface area (Å²) in [4.78, 5) is 11.4. The summed E-state index contributed by atoms with van der Waals surface area (Å²) in [6.07, 6.45) is 9.34. The van der Waals surface area contributed by atoms with Gasteiger partial charge in [-0.3, -0.25) is 4.79 Å². The molecule has 188 valence electrons. The van der Waals surface area contributed by atoms with E-state index in [1.807, 2.05) is 12.1 Å². The number of aliphatic hydroxyl groups is 2. The summed E-state index contributed by atoms with van der Waals surface area (Å²) in [6.45, 7) is 2.48. The molecule has 0 amide bonds. The van der Waals surface area contributed by atoms with Gasteiger partial charge in [0.15, 0.2) is 0 Å². The summed E-state index contributed by atoms with van der Waals surface area (Å²) < 4.78 is 30.6. The molecule has 0 spiro atoms. The molecule has 0 bridgehead atoms. The van der Waals surface area contributed by atoms with Gasteiger partial charge in [0.1, 0.15) is 6.61 Å². The summed E-state index contributed by atoms with van der Waals surface area (Å²) in [7, 11) is -3.52. The molecule has 1 aromatic carbocycles. The molecule has 0 aromatic heterocycles. The predicted molar refractivity (Wildman–Crippen MR) is 129 cm³/mol. The third-order valence-corrected chi connectivity index (χ3v) is 7.37. The fraction of sp³-hybridized carbons (Fsp3) is 0.708. The first-order valence-electron chi connectivity index (χ1n) is 12.0. The number of unbranched alkanes of at least 4 members (excludes halogenated alkanes) is 3. The van der Waals surface area contributed by atoms with Crippen LogP contribution in [0.3, 0.4) is 0 Å². The number of hydrogen-bond donors (Lipinski definition) is 3. The molecule has 1 unspecified atom stereocenters. The molecule has 0 heterocycles. The van der Waals surface area contributed by atoms with Gasteiger partial charge in [0.25, 0.3) is 0 Å².